The van der Waals surface area contributed by atoms with Crippen molar-refractivity contribution in [2.75, 3.05) is 47.8 Å². The van der Waals surface area contributed by atoms with Crippen LogP contribution in [0.1, 0.15) is 5.56 Å². The highest BCUT2D eigenvalue weighted by Crippen LogP contribution is 2.23. The molecule has 0 saturated carbocycles. The third kappa shape index (κ3) is 3.63. The van der Waals surface area contributed by atoms with Gasteiger partial charge in [-0.25, -0.2) is 4.39 Å². The van der Waals surface area contributed by atoms with E-state index in [4.69, 9.17) is 0 Å². The molecule has 3 aromatic rings. The number of hydrogen-bond donors (Lipinski definition) is 1. The Balaban J connectivity index is 1.38. The van der Waals surface area contributed by atoms with E-state index in [1.807, 2.05) is 29.2 Å². The van der Waals surface area contributed by atoms with Crippen molar-refractivity contribution in [3.05, 3.63) is 86.4 Å². The van der Waals surface area contributed by atoms with E-state index in [1.54, 1.807) is 6.07 Å². The molecule has 6 heteroatoms. The van der Waals surface area contributed by atoms with Gasteiger partial charge in [0, 0.05) is 38.4 Å². The van der Waals surface area contributed by atoms with E-state index < -0.39 is 10.9 Å². The lowest BCUT2D eigenvalue weighted by molar-refractivity contribution is 0.625. The Morgan fingerprint density at radius 2 is 1.57 bits per heavy atom. The molecule has 1 heterocycles. The molecule has 0 spiro atoms. The second-order valence-corrected chi connectivity index (χ2v) is 7.00. The van der Waals surface area contributed by atoms with Crippen LogP contribution in [0.5, 0.6) is 0 Å². The van der Waals surface area contributed by atoms with E-state index in [1.165, 1.54) is 17.8 Å². The molecule has 0 amide bonds. The molecule has 0 radical (unpaired) electrons. The summed E-state index contributed by atoms with van der Waals surface area (Å²) in [6.45, 7) is 3.46. The smallest absolute Gasteiger partial charge is 0.253 e. The number of rotatable bonds is 6. The third-order valence-corrected chi connectivity index (χ3v) is 5.21. The molecule has 0 aromatic heterocycles. The van der Waals surface area contributed by atoms with Gasteiger partial charge in [0.2, 0.25) is 0 Å². The molecule has 1 N–H and O–H groups in total. The summed E-state index contributed by atoms with van der Waals surface area (Å²) < 4.78 is 13.3. The van der Waals surface area contributed by atoms with Crippen molar-refractivity contribution in [3.8, 4) is 0 Å². The molecule has 1 fully saturated rings. The van der Waals surface area contributed by atoms with Gasteiger partial charge < -0.3 is 15.1 Å². The lowest BCUT2D eigenvalue weighted by Gasteiger charge is -2.38. The zero-order chi connectivity index (χ0) is 19.5. The Morgan fingerprint density at radius 1 is 0.857 bits per heavy atom. The highest BCUT2D eigenvalue weighted by atomic mass is 19.1. The van der Waals surface area contributed by atoms with Crippen LogP contribution in [0, 0.1) is 5.82 Å². The van der Waals surface area contributed by atoms with Gasteiger partial charge in [-0.1, -0.05) is 30.3 Å². The molecule has 4 rings (SSSR count). The van der Waals surface area contributed by atoms with Gasteiger partial charge in [0.1, 0.15) is 17.2 Å². The predicted molar refractivity (Wildman–Crippen MR) is 111 cm³/mol. The van der Waals surface area contributed by atoms with Crippen LogP contribution < -0.4 is 26.0 Å². The fourth-order valence-electron chi connectivity index (χ4n) is 3.70. The van der Waals surface area contributed by atoms with E-state index >= 15 is 0 Å². The number of anilines is 3. The quantitative estimate of drug-likeness (QED) is 0.667. The summed E-state index contributed by atoms with van der Waals surface area (Å²) in [4.78, 5) is 28.4. The maximum absolute atomic E-state index is 13.3. The fraction of sp³-hybridized carbons (Fsp3) is 0.273. The molecule has 1 aliphatic heterocycles. The average molecular weight is 379 g/mol. The monoisotopic (exact) mass is 379 g/mol. The number of nitrogens with one attached hydrogen (secondary N) is 1. The van der Waals surface area contributed by atoms with Crippen LogP contribution in [0.25, 0.3) is 0 Å². The maximum atomic E-state index is 13.3. The van der Waals surface area contributed by atoms with E-state index in [9.17, 15) is 14.0 Å². The van der Waals surface area contributed by atoms with Crippen LogP contribution >= 0.6 is 0 Å². The number of hydrogen-bond acceptors (Lipinski definition) is 5. The summed E-state index contributed by atoms with van der Waals surface area (Å²) in [5.41, 5.74) is 2.04. The van der Waals surface area contributed by atoms with Gasteiger partial charge in [0.25, 0.3) is 10.9 Å². The number of piperazine rings is 1. The van der Waals surface area contributed by atoms with Crippen molar-refractivity contribution < 1.29 is 4.39 Å². The Morgan fingerprint density at radius 3 is 2.29 bits per heavy atom. The Hall–Kier alpha value is -3.15. The second kappa shape index (κ2) is 7.84. The normalized spacial score (nSPS) is 14.5. The summed E-state index contributed by atoms with van der Waals surface area (Å²) in [5, 5.41) is 3.09. The Labute approximate surface area is 162 Å². The first-order valence-corrected chi connectivity index (χ1v) is 9.50. The SMILES string of the molecule is O=c1c(NCCc2cccc(F)c2)c(N2CCN(c3ccccc3)CC2)c1=O. The molecule has 5 nitrogen and oxygen atoms in total. The topological polar surface area (TPSA) is 52.7 Å². The lowest BCUT2D eigenvalue weighted by Crippen LogP contribution is -2.51. The van der Waals surface area contributed by atoms with Crippen LogP contribution in [-0.4, -0.2) is 32.7 Å². The van der Waals surface area contributed by atoms with Crippen LogP contribution in [-0.2, 0) is 6.42 Å². The molecule has 28 heavy (non-hydrogen) atoms. The van der Waals surface area contributed by atoms with E-state index in [0.29, 0.717) is 37.4 Å². The molecule has 3 aromatic carbocycles. The largest absolute Gasteiger partial charge is 0.380 e. The maximum Gasteiger partial charge on any atom is 0.253 e. The van der Waals surface area contributed by atoms with E-state index in [-0.39, 0.29) is 5.82 Å². The molecular weight excluding hydrogens is 357 g/mol. The highest BCUT2D eigenvalue weighted by molar-refractivity contribution is 5.75. The molecule has 1 saturated heterocycles. The summed E-state index contributed by atoms with van der Waals surface area (Å²) in [7, 11) is 0. The van der Waals surface area contributed by atoms with Crippen molar-refractivity contribution in [1.82, 2.24) is 0 Å². The Kier molecular flexibility index (Phi) is 5.10. The molecule has 1 aliphatic rings. The van der Waals surface area contributed by atoms with Gasteiger partial charge in [0.05, 0.1) is 0 Å². The van der Waals surface area contributed by atoms with Gasteiger partial charge in [-0.15, -0.1) is 0 Å². The van der Waals surface area contributed by atoms with Gasteiger partial charge >= 0.3 is 0 Å². The van der Waals surface area contributed by atoms with Crippen molar-refractivity contribution >= 4 is 17.1 Å². The first-order valence-electron chi connectivity index (χ1n) is 9.50. The molecular formula is C22H22FN3O2. The van der Waals surface area contributed by atoms with Crippen molar-refractivity contribution in [2.45, 2.75) is 6.42 Å². The van der Waals surface area contributed by atoms with Gasteiger partial charge in [-0.3, -0.25) is 9.59 Å². The minimum atomic E-state index is -0.459. The summed E-state index contributed by atoms with van der Waals surface area (Å²) >= 11 is 0. The van der Waals surface area contributed by atoms with Crippen molar-refractivity contribution in [1.29, 1.82) is 0 Å². The van der Waals surface area contributed by atoms with Gasteiger partial charge in [-0.05, 0) is 36.2 Å². The van der Waals surface area contributed by atoms with E-state index in [2.05, 4.69) is 22.3 Å². The number of nitrogens with zero attached hydrogens (tertiary/aromatic N) is 2. The number of para-hydroxylation sites is 1. The third-order valence-electron chi connectivity index (χ3n) is 5.21. The molecule has 0 atom stereocenters. The predicted octanol–water partition coefficient (Wildman–Crippen LogP) is 2.40. The first kappa shape index (κ1) is 18.2. The van der Waals surface area contributed by atoms with Crippen molar-refractivity contribution in [2.24, 2.45) is 0 Å². The van der Waals surface area contributed by atoms with Gasteiger partial charge in [0.15, 0.2) is 0 Å². The van der Waals surface area contributed by atoms with Crippen LogP contribution in [0.3, 0.4) is 0 Å². The fourth-order valence-corrected chi connectivity index (χ4v) is 3.70. The zero-order valence-corrected chi connectivity index (χ0v) is 15.5. The molecule has 144 valence electrons. The van der Waals surface area contributed by atoms with Crippen LogP contribution in [0.4, 0.5) is 21.5 Å². The van der Waals surface area contributed by atoms with E-state index in [0.717, 1.165) is 18.7 Å². The van der Waals surface area contributed by atoms with Crippen LogP contribution in [0.15, 0.2) is 64.2 Å². The molecule has 0 aliphatic carbocycles. The lowest BCUT2D eigenvalue weighted by atomic mass is 10.1. The molecule has 0 bridgehead atoms. The average Bonchev–Trinajstić information content (AvgIpc) is 2.74. The second-order valence-electron chi connectivity index (χ2n) is 7.00. The summed E-state index contributed by atoms with van der Waals surface area (Å²) in [6.07, 6.45) is 0.581. The summed E-state index contributed by atoms with van der Waals surface area (Å²) in [5.74, 6) is -0.274. The Bertz CT molecular complexity index is 1020. The van der Waals surface area contributed by atoms with Crippen LogP contribution in [0.2, 0.25) is 0 Å². The molecule has 0 unspecified atom stereocenters. The standard InChI is InChI=1S/C22H22FN3O2/c23-17-6-4-5-16(15-17)9-10-24-19-20(22(28)21(19)27)26-13-11-25(12-14-26)18-7-2-1-3-8-18/h1-8,15,24H,9-14H2. The van der Waals surface area contributed by atoms with Gasteiger partial charge in [-0.2, -0.15) is 0 Å². The number of benzene rings is 2. The number of halogens is 1. The van der Waals surface area contributed by atoms with Crippen molar-refractivity contribution in [3.63, 3.8) is 0 Å². The zero-order valence-electron chi connectivity index (χ0n) is 15.5. The highest BCUT2D eigenvalue weighted by Gasteiger charge is 2.28. The minimum Gasteiger partial charge on any atom is -0.380 e. The first-order chi connectivity index (χ1) is 13.6. The minimum absolute atomic E-state index is 0.274. The summed E-state index contributed by atoms with van der Waals surface area (Å²) in [6, 6.07) is 16.6.